The summed E-state index contributed by atoms with van der Waals surface area (Å²) in [5, 5.41) is 4.42. The van der Waals surface area contributed by atoms with Crippen LogP contribution < -0.4 is 5.32 Å². The van der Waals surface area contributed by atoms with Gasteiger partial charge in [-0.25, -0.2) is 0 Å². The topological polar surface area (TPSA) is 15.3 Å². The van der Waals surface area contributed by atoms with E-state index in [1.807, 2.05) is 12.1 Å². The Morgan fingerprint density at radius 1 is 1.32 bits per heavy atom. The second kappa shape index (κ2) is 7.28. The molecule has 1 saturated heterocycles. The van der Waals surface area contributed by atoms with Gasteiger partial charge in [-0.2, -0.15) is 0 Å². The van der Waals surface area contributed by atoms with Gasteiger partial charge >= 0.3 is 0 Å². The van der Waals surface area contributed by atoms with Gasteiger partial charge in [0, 0.05) is 17.1 Å². The number of piperidine rings is 1. The molecular formula is C16H25ClN2. The molecule has 0 aliphatic carbocycles. The fourth-order valence-electron chi connectivity index (χ4n) is 2.84. The predicted molar refractivity (Wildman–Crippen MR) is 82.8 cm³/mol. The molecule has 0 spiro atoms. The van der Waals surface area contributed by atoms with Crippen molar-refractivity contribution in [3.8, 4) is 0 Å². The zero-order chi connectivity index (χ0) is 13.7. The van der Waals surface area contributed by atoms with E-state index in [9.17, 15) is 0 Å². The predicted octanol–water partition coefficient (Wildman–Crippen LogP) is 3.87. The van der Waals surface area contributed by atoms with Gasteiger partial charge in [-0.3, -0.25) is 0 Å². The first kappa shape index (κ1) is 14.8. The maximum absolute atomic E-state index is 5.91. The van der Waals surface area contributed by atoms with Crippen LogP contribution in [0.4, 0.5) is 0 Å². The molecule has 3 heteroatoms. The summed E-state index contributed by atoms with van der Waals surface area (Å²) >= 11 is 5.91. The smallest absolute Gasteiger partial charge is 0.0406 e. The zero-order valence-corrected chi connectivity index (χ0v) is 12.8. The van der Waals surface area contributed by atoms with E-state index in [-0.39, 0.29) is 0 Å². The SMILES string of the molecule is C[C@@H](NCCC1CCCCN1C)c1ccc(Cl)cc1. The first-order valence-electron chi connectivity index (χ1n) is 7.36. The van der Waals surface area contributed by atoms with E-state index in [1.165, 1.54) is 37.8 Å². The largest absolute Gasteiger partial charge is 0.310 e. The molecule has 0 amide bonds. The number of nitrogens with one attached hydrogen (secondary N) is 1. The first-order valence-corrected chi connectivity index (χ1v) is 7.73. The quantitative estimate of drug-likeness (QED) is 0.881. The zero-order valence-electron chi connectivity index (χ0n) is 12.0. The van der Waals surface area contributed by atoms with Crippen LogP contribution in [0.15, 0.2) is 24.3 Å². The van der Waals surface area contributed by atoms with Crippen LogP contribution in [-0.2, 0) is 0 Å². The monoisotopic (exact) mass is 280 g/mol. The number of rotatable bonds is 5. The lowest BCUT2D eigenvalue weighted by Gasteiger charge is -2.32. The van der Waals surface area contributed by atoms with Gasteiger partial charge in [0.05, 0.1) is 0 Å². The molecule has 1 aliphatic rings. The van der Waals surface area contributed by atoms with Gasteiger partial charge in [0.1, 0.15) is 0 Å². The summed E-state index contributed by atoms with van der Waals surface area (Å²) < 4.78 is 0. The van der Waals surface area contributed by atoms with Crippen molar-refractivity contribution in [2.24, 2.45) is 0 Å². The van der Waals surface area contributed by atoms with Crippen molar-refractivity contribution in [3.63, 3.8) is 0 Å². The van der Waals surface area contributed by atoms with Gasteiger partial charge < -0.3 is 10.2 Å². The normalized spacial score (nSPS) is 22.4. The standard InChI is InChI=1S/C16H25ClN2/c1-13(14-6-8-15(17)9-7-14)18-11-10-16-5-3-4-12-19(16)2/h6-9,13,16,18H,3-5,10-12H2,1-2H3/t13-,16?/m1/s1. The third-order valence-electron chi connectivity index (χ3n) is 4.22. The molecule has 1 N–H and O–H groups in total. The average molecular weight is 281 g/mol. The van der Waals surface area contributed by atoms with Crippen LogP contribution in [0.25, 0.3) is 0 Å². The van der Waals surface area contributed by atoms with Crippen molar-refractivity contribution in [3.05, 3.63) is 34.9 Å². The average Bonchev–Trinajstić information content (AvgIpc) is 2.41. The van der Waals surface area contributed by atoms with Crippen LogP contribution in [-0.4, -0.2) is 31.1 Å². The Kier molecular flexibility index (Phi) is 5.68. The van der Waals surface area contributed by atoms with E-state index in [2.05, 4.69) is 36.3 Å². The van der Waals surface area contributed by atoms with E-state index in [1.54, 1.807) is 0 Å². The molecular weight excluding hydrogens is 256 g/mol. The van der Waals surface area contributed by atoms with Crippen LogP contribution in [0.1, 0.15) is 44.2 Å². The van der Waals surface area contributed by atoms with Gasteiger partial charge in [-0.15, -0.1) is 0 Å². The molecule has 106 valence electrons. The number of hydrogen-bond donors (Lipinski definition) is 1. The van der Waals surface area contributed by atoms with Crippen LogP contribution in [0, 0.1) is 0 Å². The molecule has 1 unspecified atom stereocenters. The van der Waals surface area contributed by atoms with Crippen LogP contribution in [0.2, 0.25) is 5.02 Å². The maximum Gasteiger partial charge on any atom is 0.0406 e. The van der Waals surface area contributed by atoms with E-state index in [0.29, 0.717) is 6.04 Å². The molecule has 1 aliphatic heterocycles. The minimum atomic E-state index is 0.395. The van der Waals surface area contributed by atoms with Gasteiger partial charge in [0.2, 0.25) is 0 Å². The molecule has 19 heavy (non-hydrogen) atoms. The van der Waals surface area contributed by atoms with Gasteiger partial charge in [0.15, 0.2) is 0 Å². The molecule has 0 saturated carbocycles. The molecule has 2 rings (SSSR count). The molecule has 1 heterocycles. The summed E-state index contributed by atoms with van der Waals surface area (Å²) in [7, 11) is 2.26. The highest BCUT2D eigenvalue weighted by molar-refractivity contribution is 6.30. The van der Waals surface area contributed by atoms with Crippen LogP contribution >= 0.6 is 11.6 Å². The lowest BCUT2D eigenvalue weighted by atomic mass is 10.00. The summed E-state index contributed by atoms with van der Waals surface area (Å²) in [6, 6.07) is 9.29. The highest BCUT2D eigenvalue weighted by atomic mass is 35.5. The van der Waals surface area contributed by atoms with Crippen molar-refractivity contribution in [1.82, 2.24) is 10.2 Å². The summed E-state index contributed by atoms with van der Waals surface area (Å²) in [5.74, 6) is 0. The molecule has 1 aromatic rings. The van der Waals surface area contributed by atoms with E-state index >= 15 is 0 Å². The lowest BCUT2D eigenvalue weighted by molar-refractivity contribution is 0.174. The van der Waals surface area contributed by atoms with Crippen molar-refractivity contribution >= 4 is 11.6 Å². The molecule has 1 fully saturated rings. The van der Waals surface area contributed by atoms with Crippen LogP contribution in [0.5, 0.6) is 0 Å². The van der Waals surface area contributed by atoms with Crippen molar-refractivity contribution in [2.45, 2.75) is 44.7 Å². The Morgan fingerprint density at radius 3 is 2.74 bits per heavy atom. The fraction of sp³-hybridized carbons (Fsp3) is 0.625. The Morgan fingerprint density at radius 2 is 2.05 bits per heavy atom. The Labute approximate surface area is 122 Å². The minimum absolute atomic E-state index is 0.395. The number of benzene rings is 1. The molecule has 0 aromatic heterocycles. The third-order valence-corrected chi connectivity index (χ3v) is 4.47. The molecule has 2 atom stereocenters. The van der Waals surface area contributed by atoms with Crippen molar-refractivity contribution < 1.29 is 0 Å². The summed E-state index contributed by atoms with van der Waals surface area (Å²) in [5.41, 5.74) is 1.31. The fourth-order valence-corrected chi connectivity index (χ4v) is 2.97. The summed E-state index contributed by atoms with van der Waals surface area (Å²) in [6.07, 6.45) is 5.35. The number of likely N-dealkylation sites (tertiary alicyclic amines) is 1. The van der Waals surface area contributed by atoms with E-state index in [4.69, 9.17) is 11.6 Å². The number of hydrogen-bond acceptors (Lipinski definition) is 2. The maximum atomic E-state index is 5.91. The second-order valence-electron chi connectivity index (χ2n) is 5.65. The summed E-state index contributed by atoms with van der Waals surface area (Å²) in [4.78, 5) is 2.51. The van der Waals surface area contributed by atoms with Gasteiger partial charge in [-0.1, -0.05) is 30.2 Å². The van der Waals surface area contributed by atoms with Crippen LogP contribution in [0.3, 0.4) is 0 Å². The van der Waals surface area contributed by atoms with Gasteiger partial charge in [-0.05, 0) is 64.0 Å². The number of nitrogens with zero attached hydrogens (tertiary/aromatic N) is 1. The second-order valence-corrected chi connectivity index (χ2v) is 6.08. The third kappa shape index (κ3) is 4.48. The minimum Gasteiger partial charge on any atom is -0.310 e. The van der Waals surface area contributed by atoms with Crippen molar-refractivity contribution in [1.29, 1.82) is 0 Å². The molecule has 0 radical (unpaired) electrons. The highest BCUT2D eigenvalue weighted by Gasteiger charge is 2.18. The van der Waals surface area contributed by atoms with E-state index < -0.39 is 0 Å². The number of halogens is 1. The first-order chi connectivity index (χ1) is 9.16. The molecule has 1 aromatic carbocycles. The van der Waals surface area contributed by atoms with Gasteiger partial charge in [0.25, 0.3) is 0 Å². The molecule has 0 bridgehead atoms. The summed E-state index contributed by atoms with van der Waals surface area (Å²) in [6.45, 7) is 4.56. The highest BCUT2D eigenvalue weighted by Crippen LogP contribution is 2.19. The van der Waals surface area contributed by atoms with E-state index in [0.717, 1.165) is 17.6 Å². The Bertz CT molecular complexity index is 377. The van der Waals surface area contributed by atoms with Crippen molar-refractivity contribution in [2.75, 3.05) is 20.1 Å². The molecule has 2 nitrogen and oxygen atoms in total. The Hall–Kier alpha value is -0.570. The Balaban J connectivity index is 1.74. The lowest BCUT2D eigenvalue weighted by Crippen LogP contribution is -2.38.